The lowest BCUT2D eigenvalue weighted by Gasteiger charge is -2.22. The molecule has 0 fully saturated rings. The quantitative estimate of drug-likeness (QED) is 0.182. The zero-order chi connectivity index (χ0) is 32.6. The second-order valence-corrected chi connectivity index (χ2v) is 15.6. The number of sulfone groups is 1. The molecule has 4 nitrogen and oxygen atoms in total. The zero-order valence-electron chi connectivity index (χ0n) is 27.4. The van der Waals surface area contributed by atoms with Crippen molar-refractivity contribution < 1.29 is 17.9 Å². The van der Waals surface area contributed by atoms with Gasteiger partial charge in [-0.1, -0.05) is 69.3 Å². The van der Waals surface area contributed by atoms with Crippen LogP contribution < -0.4 is 9.47 Å². The highest BCUT2D eigenvalue weighted by atomic mass is 32.2. The SMILES string of the molecule is Cc1cc(S(=O)(=O)c2ccc(C(C)(C)C)c(C)c2)ccc1Oc1ccc(-c2cccc(-c3ccc(OC(C)(C)C)cc3)c2)cc1. The molecule has 0 aliphatic heterocycles. The molecule has 0 spiro atoms. The third-order valence-corrected chi connectivity index (χ3v) is 9.41. The second-order valence-electron chi connectivity index (χ2n) is 13.6. The van der Waals surface area contributed by atoms with E-state index in [4.69, 9.17) is 9.47 Å². The predicted octanol–water partition coefficient (Wildman–Crippen LogP) is 10.7. The summed E-state index contributed by atoms with van der Waals surface area (Å²) in [6.45, 7) is 16.3. The maximum absolute atomic E-state index is 13.5. The van der Waals surface area contributed by atoms with E-state index in [1.807, 2.05) is 77.1 Å². The summed E-state index contributed by atoms with van der Waals surface area (Å²) < 4.78 is 39.1. The van der Waals surface area contributed by atoms with Crippen LogP contribution in [0.3, 0.4) is 0 Å². The van der Waals surface area contributed by atoms with Gasteiger partial charge in [-0.05, 0) is 140 Å². The third-order valence-electron chi connectivity index (χ3n) is 7.66. The summed E-state index contributed by atoms with van der Waals surface area (Å²) >= 11 is 0. The van der Waals surface area contributed by atoms with Gasteiger partial charge < -0.3 is 9.47 Å². The molecule has 0 radical (unpaired) electrons. The van der Waals surface area contributed by atoms with Gasteiger partial charge in [-0.2, -0.15) is 0 Å². The van der Waals surface area contributed by atoms with Crippen LogP contribution in [-0.4, -0.2) is 14.0 Å². The topological polar surface area (TPSA) is 52.6 Å². The van der Waals surface area contributed by atoms with Gasteiger partial charge in [-0.3, -0.25) is 0 Å². The van der Waals surface area contributed by atoms with E-state index in [1.165, 1.54) is 0 Å². The molecule has 0 unspecified atom stereocenters. The highest BCUT2D eigenvalue weighted by Gasteiger charge is 2.22. The number of rotatable bonds is 7. The van der Waals surface area contributed by atoms with E-state index < -0.39 is 9.84 Å². The monoisotopic (exact) mass is 618 g/mol. The Kier molecular flexibility index (Phi) is 8.70. The summed E-state index contributed by atoms with van der Waals surface area (Å²) in [5, 5.41) is 0. The minimum absolute atomic E-state index is 0.0564. The fraction of sp³-hybridized carbons (Fsp3) is 0.250. The van der Waals surface area contributed by atoms with E-state index in [1.54, 1.807) is 30.3 Å². The predicted molar refractivity (Wildman–Crippen MR) is 184 cm³/mol. The first-order chi connectivity index (χ1) is 21.1. The highest BCUT2D eigenvalue weighted by Crippen LogP contribution is 2.34. The van der Waals surface area contributed by atoms with E-state index in [9.17, 15) is 8.42 Å². The second kappa shape index (κ2) is 12.2. The van der Waals surface area contributed by atoms with Crippen LogP contribution in [0.5, 0.6) is 17.2 Å². The van der Waals surface area contributed by atoms with E-state index in [-0.39, 0.29) is 15.9 Å². The van der Waals surface area contributed by atoms with Crippen molar-refractivity contribution in [2.45, 2.75) is 76.2 Å². The van der Waals surface area contributed by atoms with Crippen LogP contribution >= 0.6 is 0 Å². The minimum atomic E-state index is -3.67. The van der Waals surface area contributed by atoms with Gasteiger partial charge in [0.05, 0.1) is 9.79 Å². The Balaban J connectivity index is 1.30. The largest absolute Gasteiger partial charge is 0.488 e. The van der Waals surface area contributed by atoms with E-state index in [2.05, 4.69) is 57.2 Å². The van der Waals surface area contributed by atoms with Crippen LogP contribution in [0.25, 0.3) is 22.3 Å². The Morgan fingerprint density at radius 3 is 1.53 bits per heavy atom. The lowest BCUT2D eigenvalue weighted by atomic mass is 9.84. The molecule has 0 N–H and O–H groups in total. The maximum atomic E-state index is 13.5. The van der Waals surface area contributed by atoms with Gasteiger partial charge in [-0.15, -0.1) is 0 Å². The summed E-state index contributed by atoms with van der Waals surface area (Å²) in [5.74, 6) is 2.14. The summed E-state index contributed by atoms with van der Waals surface area (Å²) in [5.41, 5.74) is 6.98. The molecule has 0 atom stereocenters. The molecule has 0 bridgehead atoms. The average Bonchev–Trinajstić information content (AvgIpc) is 2.97. The van der Waals surface area contributed by atoms with Crippen LogP contribution in [-0.2, 0) is 15.3 Å². The van der Waals surface area contributed by atoms with Crippen molar-refractivity contribution in [1.29, 1.82) is 0 Å². The van der Waals surface area contributed by atoms with Gasteiger partial charge in [0.2, 0.25) is 9.84 Å². The average molecular weight is 619 g/mol. The molecule has 0 saturated carbocycles. The number of ether oxygens (including phenoxy) is 2. The van der Waals surface area contributed by atoms with Crippen molar-refractivity contribution >= 4 is 9.84 Å². The Hall–Kier alpha value is -4.35. The number of hydrogen-bond acceptors (Lipinski definition) is 4. The van der Waals surface area contributed by atoms with E-state index in [0.717, 1.165) is 44.7 Å². The van der Waals surface area contributed by atoms with Gasteiger partial charge in [0.1, 0.15) is 22.8 Å². The van der Waals surface area contributed by atoms with Gasteiger partial charge in [0, 0.05) is 0 Å². The molecular weight excluding hydrogens is 577 g/mol. The lowest BCUT2D eigenvalue weighted by molar-refractivity contribution is 0.131. The smallest absolute Gasteiger partial charge is 0.206 e. The van der Waals surface area contributed by atoms with Gasteiger partial charge in [0.15, 0.2) is 0 Å². The molecule has 0 aromatic heterocycles. The first kappa shape index (κ1) is 32.1. The van der Waals surface area contributed by atoms with Gasteiger partial charge in [-0.25, -0.2) is 8.42 Å². The van der Waals surface area contributed by atoms with Crippen molar-refractivity contribution in [2.75, 3.05) is 0 Å². The molecule has 45 heavy (non-hydrogen) atoms. The Morgan fingerprint density at radius 2 is 1.04 bits per heavy atom. The normalized spacial score (nSPS) is 12.2. The zero-order valence-corrected chi connectivity index (χ0v) is 28.3. The van der Waals surface area contributed by atoms with Crippen molar-refractivity contribution in [3.63, 3.8) is 0 Å². The molecule has 5 rings (SSSR count). The molecule has 232 valence electrons. The molecular formula is C40H42O4S. The van der Waals surface area contributed by atoms with Crippen LogP contribution in [0.1, 0.15) is 58.2 Å². The summed E-state index contributed by atoms with van der Waals surface area (Å²) in [6.07, 6.45) is 0. The first-order valence-corrected chi connectivity index (χ1v) is 16.7. The first-order valence-electron chi connectivity index (χ1n) is 15.2. The van der Waals surface area contributed by atoms with Crippen molar-refractivity contribution in [3.05, 3.63) is 126 Å². The molecule has 5 aromatic carbocycles. The summed E-state index contributed by atoms with van der Waals surface area (Å²) in [7, 11) is -3.67. The molecule has 0 heterocycles. The molecule has 0 amide bonds. The Morgan fingerprint density at radius 1 is 0.533 bits per heavy atom. The molecule has 0 saturated heterocycles. The Labute approximate surface area is 268 Å². The number of benzene rings is 5. The fourth-order valence-corrected chi connectivity index (χ4v) is 6.90. The summed E-state index contributed by atoms with van der Waals surface area (Å²) in [6, 6.07) is 35.0. The van der Waals surface area contributed by atoms with Crippen LogP contribution in [0.4, 0.5) is 0 Å². The number of hydrogen-bond donors (Lipinski definition) is 0. The van der Waals surface area contributed by atoms with Gasteiger partial charge >= 0.3 is 0 Å². The van der Waals surface area contributed by atoms with Crippen LogP contribution in [0.2, 0.25) is 0 Å². The molecule has 0 aliphatic carbocycles. The standard InChI is InChI=1S/C40H42O4S/c1-27-24-35(20-22-37(27)39(3,4)5)45(41,42)36-21-23-38(28(2)25-36)43-33-16-12-29(13-17-33)31-10-9-11-32(26-31)30-14-18-34(19-15-30)44-40(6,7)8/h9-26H,1-8H3. The summed E-state index contributed by atoms with van der Waals surface area (Å²) in [4.78, 5) is 0.550. The number of aryl methyl sites for hydroxylation is 2. The van der Waals surface area contributed by atoms with Crippen LogP contribution in [0, 0.1) is 13.8 Å². The van der Waals surface area contributed by atoms with Crippen LogP contribution in [0.15, 0.2) is 119 Å². The third kappa shape index (κ3) is 7.49. The van der Waals surface area contributed by atoms with E-state index >= 15 is 0 Å². The van der Waals surface area contributed by atoms with Crippen molar-refractivity contribution in [1.82, 2.24) is 0 Å². The minimum Gasteiger partial charge on any atom is -0.488 e. The molecule has 0 aliphatic rings. The highest BCUT2D eigenvalue weighted by molar-refractivity contribution is 7.91. The van der Waals surface area contributed by atoms with Crippen molar-refractivity contribution in [2.24, 2.45) is 0 Å². The van der Waals surface area contributed by atoms with Crippen molar-refractivity contribution in [3.8, 4) is 39.5 Å². The molecule has 5 aromatic rings. The van der Waals surface area contributed by atoms with Gasteiger partial charge in [0.25, 0.3) is 0 Å². The van der Waals surface area contributed by atoms with E-state index in [0.29, 0.717) is 16.4 Å². The maximum Gasteiger partial charge on any atom is 0.206 e. The fourth-order valence-electron chi connectivity index (χ4n) is 5.47. The Bertz CT molecular complexity index is 1920. The lowest BCUT2D eigenvalue weighted by Crippen LogP contribution is -2.22. The molecule has 5 heteroatoms.